The summed E-state index contributed by atoms with van der Waals surface area (Å²) in [6.45, 7) is 4.21. The highest BCUT2D eigenvalue weighted by Crippen LogP contribution is 2.11. The average molecular weight is 269 g/mol. The number of halogens is 1. The van der Waals surface area contributed by atoms with Gasteiger partial charge in [-0.1, -0.05) is 15.9 Å². The van der Waals surface area contributed by atoms with Gasteiger partial charge in [0.1, 0.15) is 0 Å². The summed E-state index contributed by atoms with van der Waals surface area (Å²) in [6.07, 6.45) is 7.67. The Bertz CT molecular complexity index is 444. The fourth-order valence-corrected chi connectivity index (χ4v) is 1.61. The third-order valence-electron chi connectivity index (χ3n) is 2.19. The van der Waals surface area contributed by atoms with Crippen LogP contribution in [0.1, 0.15) is 25.6 Å². The molecule has 0 radical (unpaired) electrons. The molecule has 0 fully saturated rings. The molecule has 0 bridgehead atoms. The summed E-state index contributed by atoms with van der Waals surface area (Å²) in [5.74, 6) is 0. The number of nitrogens with zero attached hydrogens (tertiary/aromatic N) is 4. The van der Waals surface area contributed by atoms with Crippen LogP contribution < -0.4 is 0 Å². The van der Waals surface area contributed by atoms with Gasteiger partial charge in [-0.3, -0.25) is 4.68 Å². The number of hydrogen-bond acceptors (Lipinski definition) is 2. The van der Waals surface area contributed by atoms with Gasteiger partial charge in [-0.05, 0) is 13.8 Å². The second kappa shape index (κ2) is 4.18. The Morgan fingerprint density at radius 2 is 2.20 bits per heavy atom. The third-order valence-corrected chi connectivity index (χ3v) is 2.76. The maximum absolute atomic E-state index is 4.28. The van der Waals surface area contributed by atoms with Crippen LogP contribution in [0, 0.1) is 0 Å². The average Bonchev–Trinajstić information content (AvgIpc) is 2.86. The highest BCUT2D eigenvalue weighted by molar-refractivity contribution is 9.08. The summed E-state index contributed by atoms with van der Waals surface area (Å²) in [6, 6.07) is 0.387. The minimum absolute atomic E-state index is 0.387. The first-order chi connectivity index (χ1) is 7.20. The van der Waals surface area contributed by atoms with Crippen LogP contribution in [0.2, 0.25) is 0 Å². The molecular weight excluding hydrogens is 256 g/mol. The van der Waals surface area contributed by atoms with E-state index in [9.17, 15) is 0 Å². The quantitative estimate of drug-likeness (QED) is 0.803. The molecule has 4 nitrogen and oxygen atoms in total. The zero-order valence-electron chi connectivity index (χ0n) is 8.76. The molecular formula is C10H13BrN4. The summed E-state index contributed by atoms with van der Waals surface area (Å²) < 4.78 is 3.91. The minimum Gasteiger partial charge on any atom is -0.303 e. The lowest BCUT2D eigenvalue weighted by molar-refractivity contribution is 0.532. The van der Waals surface area contributed by atoms with Crippen molar-refractivity contribution in [2.45, 2.75) is 25.2 Å². The number of aromatic nitrogens is 4. The fraction of sp³-hybridized carbons (Fsp3) is 0.400. The molecule has 0 aliphatic heterocycles. The van der Waals surface area contributed by atoms with E-state index in [4.69, 9.17) is 0 Å². The van der Waals surface area contributed by atoms with E-state index >= 15 is 0 Å². The SMILES string of the molecule is CC(C)n1cc(-n2cnc(CBr)c2)cn1. The maximum Gasteiger partial charge on any atom is 0.0996 e. The van der Waals surface area contributed by atoms with E-state index in [0.29, 0.717) is 6.04 Å². The van der Waals surface area contributed by atoms with Gasteiger partial charge in [-0.2, -0.15) is 5.10 Å². The molecule has 15 heavy (non-hydrogen) atoms. The summed E-state index contributed by atoms with van der Waals surface area (Å²) in [7, 11) is 0. The van der Waals surface area contributed by atoms with Crippen LogP contribution in [0.3, 0.4) is 0 Å². The first kappa shape index (κ1) is 10.4. The van der Waals surface area contributed by atoms with Gasteiger partial charge >= 0.3 is 0 Å². The third kappa shape index (κ3) is 2.12. The van der Waals surface area contributed by atoms with Crippen LogP contribution in [-0.4, -0.2) is 19.3 Å². The Balaban J connectivity index is 2.28. The first-order valence-electron chi connectivity index (χ1n) is 4.84. The van der Waals surface area contributed by atoms with Crippen molar-refractivity contribution in [2.24, 2.45) is 0 Å². The second-order valence-electron chi connectivity index (χ2n) is 3.68. The van der Waals surface area contributed by atoms with E-state index in [1.54, 1.807) is 6.33 Å². The molecule has 5 heteroatoms. The van der Waals surface area contributed by atoms with Gasteiger partial charge in [0.15, 0.2) is 0 Å². The van der Waals surface area contributed by atoms with E-state index in [1.165, 1.54) is 0 Å². The number of alkyl halides is 1. The molecule has 0 unspecified atom stereocenters. The zero-order valence-corrected chi connectivity index (χ0v) is 10.3. The van der Waals surface area contributed by atoms with E-state index in [1.807, 2.05) is 27.8 Å². The van der Waals surface area contributed by atoms with Crippen molar-refractivity contribution in [3.63, 3.8) is 0 Å². The molecule has 0 aliphatic carbocycles. The van der Waals surface area contributed by atoms with Crippen LogP contribution >= 0.6 is 15.9 Å². The summed E-state index contributed by atoms with van der Waals surface area (Å²) in [5, 5.41) is 5.06. The summed E-state index contributed by atoms with van der Waals surface area (Å²) in [5.41, 5.74) is 2.07. The largest absolute Gasteiger partial charge is 0.303 e. The lowest BCUT2D eigenvalue weighted by Gasteiger charge is -2.02. The Morgan fingerprint density at radius 3 is 2.73 bits per heavy atom. The van der Waals surface area contributed by atoms with Crippen molar-refractivity contribution in [1.82, 2.24) is 19.3 Å². The van der Waals surface area contributed by atoms with Gasteiger partial charge in [0.05, 0.1) is 23.9 Å². The summed E-state index contributed by atoms with van der Waals surface area (Å²) in [4.78, 5) is 4.24. The van der Waals surface area contributed by atoms with Crippen molar-refractivity contribution in [3.8, 4) is 5.69 Å². The molecule has 2 rings (SSSR count). The molecule has 0 aromatic carbocycles. The molecule has 2 aromatic rings. The molecule has 2 heterocycles. The number of hydrogen-bond donors (Lipinski definition) is 0. The van der Waals surface area contributed by atoms with Crippen LogP contribution in [0.4, 0.5) is 0 Å². The molecule has 0 spiro atoms. The van der Waals surface area contributed by atoms with Gasteiger partial charge in [-0.15, -0.1) is 0 Å². The normalized spacial score (nSPS) is 11.2. The highest BCUT2D eigenvalue weighted by atomic mass is 79.9. The molecule has 80 valence electrons. The standard InChI is InChI=1S/C10H13BrN4/c1-8(2)15-6-10(4-13-15)14-5-9(3-11)12-7-14/h4-8H,3H2,1-2H3. The van der Waals surface area contributed by atoms with Gasteiger partial charge in [0, 0.05) is 23.8 Å². The predicted octanol–water partition coefficient (Wildman–Crippen LogP) is 2.54. The molecule has 0 aliphatic rings. The molecule has 0 saturated carbocycles. The first-order valence-corrected chi connectivity index (χ1v) is 5.96. The van der Waals surface area contributed by atoms with Gasteiger partial charge < -0.3 is 4.57 Å². The van der Waals surface area contributed by atoms with Gasteiger partial charge in [0.2, 0.25) is 0 Å². The zero-order chi connectivity index (χ0) is 10.8. The number of rotatable bonds is 3. The Kier molecular flexibility index (Phi) is 2.90. The summed E-state index contributed by atoms with van der Waals surface area (Å²) >= 11 is 3.38. The van der Waals surface area contributed by atoms with Crippen LogP contribution in [-0.2, 0) is 5.33 Å². The van der Waals surface area contributed by atoms with E-state index in [0.717, 1.165) is 16.7 Å². The van der Waals surface area contributed by atoms with Gasteiger partial charge in [0.25, 0.3) is 0 Å². The lowest BCUT2D eigenvalue weighted by Crippen LogP contribution is -2.00. The fourth-order valence-electron chi connectivity index (χ4n) is 1.32. The van der Waals surface area contributed by atoms with Crippen molar-refractivity contribution in [2.75, 3.05) is 0 Å². The Hall–Kier alpha value is -1.10. The maximum atomic E-state index is 4.28. The molecule has 0 saturated heterocycles. The second-order valence-corrected chi connectivity index (χ2v) is 4.24. The van der Waals surface area contributed by atoms with Crippen molar-refractivity contribution < 1.29 is 0 Å². The molecule has 0 amide bonds. The predicted molar refractivity (Wildman–Crippen MR) is 62.4 cm³/mol. The monoisotopic (exact) mass is 268 g/mol. The number of imidazole rings is 1. The highest BCUT2D eigenvalue weighted by Gasteiger charge is 2.04. The molecule has 2 aromatic heterocycles. The van der Waals surface area contributed by atoms with E-state index in [-0.39, 0.29) is 0 Å². The topological polar surface area (TPSA) is 35.6 Å². The smallest absolute Gasteiger partial charge is 0.0996 e. The van der Waals surface area contributed by atoms with Crippen molar-refractivity contribution >= 4 is 15.9 Å². The Morgan fingerprint density at radius 1 is 1.40 bits per heavy atom. The van der Waals surface area contributed by atoms with Crippen LogP contribution in [0.15, 0.2) is 24.9 Å². The molecule has 0 atom stereocenters. The van der Waals surface area contributed by atoms with E-state index < -0.39 is 0 Å². The minimum atomic E-state index is 0.387. The van der Waals surface area contributed by atoms with Crippen LogP contribution in [0.5, 0.6) is 0 Å². The van der Waals surface area contributed by atoms with Crippen LogP contribution in [0.25, 0.3) is 5.69 Å². The Labute approximate surface area is 97.1 Å². The van der Waals surface area contributed by atoms with Crippen molar-refractivity contribution in [1.29, 1.82) is 0 Å². The van der Waals surface area contributed by atoms with Crippen molar-refractivity contribution in [3.05, 3.63) is 30.6 Å². The van der Waals surface area contributed by atoms with E-state index in [2.05, 4.69) is 39.9 Å². The lowest BCUT2D eigenvalue weighted by atomic mass is 10.4. The molecule has 0 N–H and O–H groups in total. The van der Waals surface area contributed by atoms with Gasteiger partial charge in [-0.25, -0.2) is 4.98 Å².